The predicted molar refractivity (Wildman–Crippen MR) is 81.1 cm³/mol. The Morgan fingerprint density at radius 2 is 2.21 bits per heavy atom. The predicted octanol–water partition coefficient (Wildman–Crippen LogP) is 4.02. The second-order valence-electron chi connectivity index (χ2n) is 4.41. The molecule has 0 atom stereocenters. The zero-order valence-electron chi connectivity index (χ0n) is 11.4. The van der Waals surface area contributed by atoms with Crippen molar-refractivity contribution in [2.24, 2.45) is 0 Å². The minimum absolute atomic E-state index is 0.604. The molecule has 104 valence electrons. The number of nitrogens with one attached hydrogen (secondary N) is 1. The maximum Gasteiger partial charge on any atom is 0.133 e. The molecule has 1 N–H and O–H groups in total. The van der Waals surface area contributed by atoms with Crippen LogP contribution in [0.25, 0.3) is 0 Å². The molecule has 4 heteroatoms. The monoisotopic (exact) mass is 324 g/mol. The number of rotatable bonds is 9. The van der Waals surface area contributed by atoms with E-state index >= 15 is 0 Å². The Morgan fingerprint density at radius 3 is 2.89 bits per heavy atom. The fourth-order valence-corrected chi connectivity index (χ4v) is 2.21. The van der Waals surface area contributed by atoms with E-state index in [2.05, 4.69) is 46.4 Å². The van der Waals surface area contributed by atoms with Crippen LogP contribution in [0.1, 0.15) is 38.2 Å². The van der Waals surface area contributed by atoms with Crippen molar-refractivity contribution in [3.05, 3.63) is 28.2 Å². The number of hydrogen-bond acceptors (Lipinski definition) is 3. The first-order valence-electron chi connectivity index (χ1n) is 6.76. The van der Waals surface area contributed by atoms with Crippen LogP contribution in [0.15, 0.2) is 22.7 Å². The van der Waals surface area contributed by atoms with Crippen LogP contribution in [0.3, 0.4) is 0 Å². The Kier molecular flexibility index (Phi) is 8.28. The molecule has 0 fully saturated rings. The average molecular weight is 325 g/mol. The fourth-order valence-electron chi connectivity index (χ4n) is 1.67. The Bertz CT molecular complexity index is 415. The molecule has 19 heavy (non-hydrogen) atoms. The molecule has 0 aliphatic carbocycles. The van der Waals surface area contributed by atoms with Crippen molar-refractivity contribution in [3.8, 4) is 11.8 Å². The molecule has 0 amide bonds. The van der Waals surface area contributed by atoms with E-state index < -0.39 is 0 Å². The van der Waals surface area contributed by atoms with E-state index in [0.717, 1.165) is 42.6 Å². The molecule has 0 aromatic heterocycles. The molecule has 0 heterocycles. The molecular formula is C15H21BrN2O. The highest BCUT2D eigenvalue weighted by Crippen LogP contribution is 2.26. The number of unbranched alkanes of at least 4 members (excludes halogenated alkanes) is 2. The lowest BCUT2D eigenvalue weighted by atomic mass is 10.2. The van der Waals surface area contributed by atoms with E-state index in [-0.39, 0.29) is 0 Å². The van der Waals surface area contributed by atoms with Gasteiger partial charge in [0.15, 0.2) is 0 Å². The highest BCUT2D eigenvalue weighted by atomic mass is 79.9. The van der Waals surface area contributed by atoms with Crippen LogP contribution in [-0.4, -0.2) is 13.2 Å². The Morgan fingerprint density at radius 1 is 1.37 bits per heavy atom. The molecule has 3 nitrogen and oxygen atoms in total. The molecule has 0 saturated carbocycles. The van der Waals surface area contributed by atoms with Gasteiger partial charge in [-0.2, -0.15) is 5.26 Å². The fraction of sp³-hybridized carbons (Fsp3) is 0.533. The van der Waals surface area contributed by atoms with Gasteiger partial charge < -0.3 is 10.1 Å². The molecule has 0 unspecified atom stereocenters. The normalized spacial score (nSPS) is 10.2. The number of benzene rings is 1. The molecule has 0 spiro atoms. The topological polar surface area (TPSA) is 45.0 Å². The maximum absolute atomic E-state index is 8.44. The quantitative estimate of drug-likeness (QED) is 0.698. The van der Waals surface area contributed by atoms with Gasteiger partial charge >= 0.3 is 0 Å². The summed E-state index contributed by atoms with van der Waals surface area (Å²) in [5, 5.41) is 11.8. The number of nitrogens with zero attached hydrogens (tertiary/aromatic N) is 1. The van der Waals surface area contributed by atoms with Crippen molar-refractivity contribution in [2.45, 2.75) is 39.2 Å². The van der Waals surface area contributed by atoms with Gasteiger partial charge in [-0.3, -0.25) is 0 Å². The van der Waals surface area contributed by atoms with E-state index in [9.17, 15) is 0 Å². The maximum atomic E-state index is 8.44. The third-order valence-electron chi connectivity index (χ3n) is 2.69. The zero-order valence-corrected chi connectivity index (χ0v) is 13.0. The number of halogens is 1. The van der Waals surface area contributed by atoms with Crippen LogP contribution in [0.2, 0.25) is 0 Å². The molecule has 1 aromatic rings. The summed E-state index contributed by atoms with van der Waals surface area (Å²) in [5.74, 6) is 0.871. The third kappa shape index (κ3) is 6.60. The van der Waals surface area contributed by atoms with Gasteiger partial charge in [-0.25, -0.2) is 0 Å². The molecule has 0 aliphatic heterocycles. The molecule has 0 bridgehead atoms. The van der Waals surface area contributed by atoms with Gasteiger partial charge in [0.25, 0.3) is 0 Å². The highest BCUT2D eigenvalue weighted by molar-refractivity contribution is 9.10. The van der Waals surface area contributed by atoms with Crippen molar-refractivity contribution in [2.75, 3.05) is 13.2 Å². The largest absolute Gasteiger partial charge is 0.492 e. The summed E-state index contributed by atoms with van der Waals surface area (Å²) in [6.45, 7) is 4.74. The lowest BCUT2D eigenvalue weighted by molar-refractivity contribution is 0.305. The SMILES string of the molecule is CCCNCc1ccc(OCCCCC#N)c(Br)c1. The first-order valence-corrected chi connectivity index (χ1v) is 7.56. The summed E-state index contributed by atoms with van der Waals surface area (Å²) >= 11 is 3.53. The minimum Gasteiger partial charge on any atom is -0.492 e. The van der Waals surface area contributed by atoms with Crippen molar-refractivity contribution in [1.82, 2.24) is 5.32 Å². The van der Waals surface area contributed by atoms with Gasteiger partial charge in [0.2, 0.25) is 0 Å². The smallest absolute Gasteiger partial charge is 0.133 e. The number of hydrogen-bond donors (Lipinski definition) is 1. The van der Waals surface area contributed by atoms with Crippen molar-refractivity contribution >= 4 is 15.9 Å². The summed E-state index contributed by atoms with van der Waals surface area (Å²) in [6.07, 6.45) is 3.56. The van der Waals surface area contributed by atoms with E-state index in [1.807, 2.05) is 6.07 Å². The van der Waals surface area contributed by atoms with Crippen molar-refractivity contribution in [3.63, 3.8) is 0 Å². The van der Waals surface area contributed by atoms with Crippen molar-refractivity contribution in [1.29, 1.82) is 5.26 Å². The van der Waals surface area contributed by atoms with Crippen LogP contribution in [0.4, 0.5) is 0 Å². The second-order valence-corrected chi connectivity index (χ2v) is 5.26. The molecule has 0 aliphatic rings. The summed E-state index contributed by atoms with van der Waals surface area (Å²) in [5.41, 5.74) is 1.25. The summed E-state index contributed by atoms with van der Waals surface area (Å²) in [4.78, 5) is 0. The van der Waals surface area contributed by atoms with E-state index in [4.69, 9.17) is 10.00 Å². The number of nitriles is 1. The molecular weight excluding hydrogens is 304 g/mol. The minimum atomic E-state index is 0.604. The zero-order chi connectivity index (χ0) is 13.9. The Balaban J connectivity index is 2.37. The lowest BCUT2D eigenvalue weighted by Crippen LogP contribution is -2.13. The van der Waals surface area contributed by atoms with Gasteiger partial charge in [-0.15, -0.1) is 0 Å². The van der Waals surface area contributed by atoms with Crippen LogP contribution < -0.4 is 10.1 Å². The second kappa shape index (κ2) is 9.82. The molecule has 1 rings (SSSR count). The summed E-state index contributed by atoms with van der Waals surface area (Å²) in [7, 11) is 0. The van der Waals surface area contributed by atoms with Crippen LogP contribution in [0.5, 0.6) is 5.75 Å². The van der Waals surface area contributed by atoms with Crippen LogP contribution in [-0.2, 0) is 6.54 Å². The Hall–Kier alpha value is -1.05. The summed E-state index contributed by atoms with van der Waals surface area (Å²) in [6, 6.07) is 8.31. The first kappa shape index (κ1) is 16.0. The highest BCUT2D eigenvalue weighted by Gasteiger charge is 2.02. The van der Waals surface area contributed by atoms with Gasteiger partial charge in [-0.05, 0) is 59.4 Å². The van der Waals surface area contributed by atoms with Gasteiger partial charge in [0, 0.05) is 13.0 Å². The van der Waals surface area contributed by atoms with E-state index in [1.54, 1.807) is 0 Å². The van der Waals surface area contributed by atoms with Gasteiger partial charge in [0.1, 0.15) is 5.75 Å². The van der Waals surface area contributed by atoms with Gasteiger partial charge in [-0.1, -0.05) is 13.0 Å². The standard InChI is InChI=1S/C15H21BrN2O/c1-2-9-18-12-13-6-7-15(14(16)11-13)19-10-5-3-4-8-17/h6-7,11,18H,2-5,9-10,12H2,1H3. The van der Waals surface area contributed by atoms with Crippen LogP contribution >= 0.6 is 15.9 Å². The molecule has 1 aromatic carbocycles. The Labute approximate surface area is 124 Å². The number of ether oxygens (including phenoxy) is 1. The first-order chi connectivity index (χ1) is 9.27. The van der Waals surface area contributed by atoms with E-state index in [0.29, 0.717) is 13.0 Å². The van der Waals surface area contributed by atoms with Crippen molar-refractivity contribution < 1.29 is 4.74 Å². The average Bonchev–Trinajstić information content (AvgIpc) is 2.41. The summed E-state index contributed by atoms with van der Waals surface area (Å²) < 4.78 is 6.68. The van der Waals surface area contributed by atoms with E-state index in [1.165, 1.54) is 5.56 Å². The third-order valence-corrected chi connectivity index (χ3v) is 3.31. The molecule has 0 saturated heterocycles. The van der Waals surface area contributed by atoms with Gasteiger partial charge in [0.05, 0.1) is 17.1 Å². The lowest BCUT2D eigenvalue weighted by Gasteiger charge is -2.10. The molecule has 0 radical (unpaired) electrons. The van der Waals surface area contributed by atoms with Crippen LogP contribution in [0, 0.1) is 11.3 Å².